The van der Waals surface area contributed by atoms with E-state index >= 15 is 0 Å². The zero-order chi connectivity index (χ0) is 21.8. The molecule has 4 rings (SSSR count). The van der Waals surface area contributed by atoms with Gasteiger partial charge < -0.3 is 14.3 Å². The SMILES string of the molecule is CCS(=O)(=O)Nc1ccc(-c2noc(-c3ccc(NC(=O)c4ccco4)cc3)n2)cc1. The minimum atomic E-state index is -3.34. The van der Waals surface area contributed by atoms with E-state index in [0.717, 1.165) is 0 Å². The first kappa shape index (κ1) is 20.4. The molecule has 0 aliphatic rings. The van der Waals surface area contributed by atoms with Crippen molar-refractivity contribution in [2.24, 2.45) is 0 Å². The van der Waals surface area contributed by atoms with Crippen molar-refractivity contribution < 1.29 is 22.2 Å². The smallest absolute Gasteiger partial charge is 0.291 e. The van der Waals surface area contributed by atoms with E-state index in [9.17, 15) is 13.2 Å². The van der Waals surface area contributed by atoms with Crippen LogP contribution < -0.4 is 10.0 Å². The molecule has 10 heteroatoms. The van der Waals surface area contributed by atoms with Gasteiger partial charge in [-0.2, -0.15) is 4.98 Å². The Balaban J connectivity index is 1.45. The lowest BCUT2D eigenvalue weighted by Gasteiger charge is -2.05. The van der Waals surface area contributed by atoms with Gasteiger partial charge in [0.2, 0.25) is 15.8 Å². The fourth-order valence-corrected chi connectivity index (χ4v) is 3.33. The van der Waals surface area contributed by atoms with E-state index in [0.29, 0.717) is 34.2 Å². The van der Waals surface area contributed by atoms with E-state index in [1.54, 1.807) is 67.6 Å². The first-order chi connectivity index (χ1) is 14.9. The molecule has 9 nitrogen and oxygen atoms in total. The van der Waals surface area contributed by atoms with Crippen LogP contribution in [-0.2, 0) is 10.0 Å². The van der Waals surface area contributed by atoms with E-state index in [1.807, 2.05) is 0 Å². The van der Waals surface area contributed by atoms with Crippen molar-refractivity contribution in [2.45, 2.75) is 6.92 Å². The molecule has 2 aromatic carbocycles. The number of nitrogens with zero attached hydrogens (tertiary/aromatic N) is 2. The van der Waals surface area contributed by atoms with Crippen LogP contribution in [0.2, 0.25) is 0 Å². The van der Waals surface area contributed by atoms with Gasteiger partial charge in [-0.25, -0.2) is 8.42 Å². The van der Waals surface area contributed by atoms with Crippen molar-refractivity contribution in [3.05, 3.63) is 72.7 Å². The number of carbonyl (C=O) groups is 1. The number of aromatic nitrogens is 2. The van der Waals surface area contributed by atoms with Gasteiger partial charge in [0.05, 0.1) is 12.0 Å². The number of hydrogen-bond donors (Lipinski definition) is 2. The highest BCUT2D eigenvalue weighted by Crippen LogP contribution is 2.25. The Hall–Kier alpha value is -3.92. The molecule has 0 saturated heterocycles. The summed E-state index contributed by atoms with van der Waals surface area (Å²) in [5.74, 6) is 0.556. The highest BCUT2D eigenvalue weighted by Gasteiger charge is 2.13. The fourth-order valence-electron chi connectivity index (χ4n) is 2.69. The van der Waals surface area contributed by atoms with Crippen LogP contribution in [0.4, 0.5) is 11.4 Å². The van der Waals surface area contributed by atoms with E-state index in [4.69, 9.17) is 8.94 Å². The third-order valence-corrected chi connectivity index (χ3v) is 5.66. The van der Waals surface area contributed by atoms with Crippen LogP contribution in [0.15, 0.2) is 75.9 Å². The van der Waals surface area contributed by atoms with Crippen molar-refractivity contribution in [1.82, 2.24) is 10.1 Å². The van der Waals surface area contributed by atoms with Crippen molar-refractivity contribution in [2.75, 3.05) is 15.8 Å². The zero-order valence-electron chi connectivity index (χ0n) is 16.4. The molecule has 4 aromatic rings. The van der Waals surface area contributed by atoms with Gasteiger partial charge in [-0.05, 0) is 67.6 Å². The van der Waals surface area contributed by atoms with Crippen LogP contribution in [0.25, 0.3) is 22.8 Å². The second kappa shape index (κ2) is 8.44. The number of nitrogens with one attached hydrogen (secondary N) is 2. The van der Waals surface area contributed by atoms with Gasteiger partial charge in [0, 0.05) is 22.5 Å². The summed E-state index contributed by atoms with van der Waals surface area (Å²) >= 11 is 0. The van der Waals surface area contributed by atoms with Gasteiger partial charge in [-0.15, -0.1) is 0 Å². The van der Waals surface area contributed by atoms with Crippen molar-refractivity contribution in [3.63, 3.8) is 0 Å². The van der Waals surface area contributed by atoms with Crippen molar-refractivity contribution in [3.8, 4) is 22.8 Å². The Morgan fingerprint density at radius 1 is 0.968 bits per heavy atom. The predicted molar refractivity (Wildman–Crippen MR) is 115 cm³/mol. The minimum absolute atomic E-state index is 0.00568. The third-order valence-electron chi connectivity index (χ3n) is 4.36. The normalized spacial score (nSPS) is 11.3. The quantitative estimate of drug-likeness (QED) is 0.446. The van der Waals surface area contributed by atoms with Crippen LogP contribution in [0.5, 0.6) is 0 Å². The molecule has 0 unspecified atom stereocenters. The summed E-state index contributed by atoms with van der Waals surface area (Å²) in [5, 5.41) is 6.71. The van der Waals surface area contributed by atoms with Crippen LogP contribution >= 0.6 is 0 Å². The molecular weight excluding hydrogens is 420 g/mol. The number of sulfonamides is 1. The van der Waals surface area contributed by atoms with Crippen LogP contribution in [0, 0.1) is 0 Å². The zero-order valence-corrected chi connectivity index (χ0v) is 17.2. The average molecular weight is 438 g/mol. The van der Waals surface area contributed by atoms with Gasteiger partial charge in [-0.3, -0.25) is 9.52 Å². The number of rotatable bonds is 7. The fraction of sp³-hybridized carbons (Fsp3) is 0.0952. The molecule has 2 heterocycles. The molecule has 1 amide bonds. The largest absolute Gasteiger partial charge is 0.459 e. The summed E-state index contributed by atoms with van der Waals surface area (Å²) in [6, 6.07) is 16.8. The molecule has 0 aliphatic carbocycles. The van der Waals surface area contributed by atoms with Gasteiger partial charge >= 0.3 is 0 Å². The van der Waals surface area contributed by atoms with Crippen LogP contribution in [0.3, 0.4) is 0 Å². The monoisotopic (exact) mass is 438 g/mol. The van der Waals surface area contributed by atoms with Crippen molar-refractivity contribution >= 4 is 27.3 Å². The molecule has 158 valence electrons. The lowest BCUT2D eigenvalue weighted by Crippen LogP contribution is -2.14. The first-order valence-corrected chi connectivity index (χ1v) is 11.0. The minimum Gasteiger partial charge on any atom is -0.459 e. The Morgan fingerprint density at radius 3 is 2.29 bits per heavy atom. The van der Waals surface area contributed by atoms with E-state index in [-0.39, 0.29) is 17.4 Å². The summed E-state index contributed by atoms with van der Waals surface area (Å²) in [5.41, 5.74) is 2.41. The van der Waals surface area contributed by atoms with Crippen molar-refractivity contribution in [1.29, 1.82) is 0 Å². The maximum Gasteiger partial charge on any atom is 0.291 e. The molecule has 0 fully saturated rings. The second-order valence-electron chi connectivity index (χ2n) is 6.51. The topological polar surface area (TPSA) is 127 Å². The Kier molecular flexibility index (Phi) is 5.54. The van der Waals surface area contributed by atoms with Gasteiger partial charge in [0.1, 0.15) is 0 Å². The molecule has 2 aromatic heterocycles. The summed E-state index contributed by atoms with van der Waals surface area (Å²) in [6.45, 7) is 1.57. The number of furan rings is 1. The lowest BCUT2D eigenvalue weighted by atomic mass is 10.2. The van der Waals surface area contributed by atoms with Gasteiger partial charge in [-0.1, -0.05) is 5.16 Å². The molecule has 0 atom stereocenters. The Labute approximate surface area is 178 Å². The Morgan fingerprint density at radius 2 is 1.65 bits per heavy atom. The number of carbonyl (C=O) groups excluding carboxylic acids is 1. The number of benzene rings is 2. The van der Waals surface area contributed by atoms with Crippen LogP contribution in [0.1, 0.15) is 17.5 Å². The summed E-state index contributed by atoms with van der Waals surface area (Å²) < 4.78 is 36.2. The average Bonchev–Trinajstić information content (AvgIpc) is 3.47. The second-order valence-corrected chi connectivity index (χ2v) is 8.53. The molecule has 0 bridgehead atoms. The maximum absolute atomic E-state index is 12.0. The maximum atomic E-state index is 12.0. The third kappa shape index (κ3) is 4.81. The molecule has 0 radical (unpaired) electrons. The summed E-state index contributed by atoms with van der Waals surface area (Å²) in [4.78, 5) is 16.4. The van der Waals surface area contributed by atoms with E-state index < -0.39 is 10.0 Å². The Bertz CT molecular complexity index is 1280. The van der Waals surface area contributed by atoms with E-state index in [2.05, 4.69) is 20.2 Å². The number of amides is 1. The molecule has 0 saturated carbocycles. The molecular formula is C21H18N4O5S. The first-order valence-electron chi connectivity index (χ1n) is 9.33. The predicted octanol–water partition coefficient (Wildman–Crippen LogP) is 4.01. The van der Waals surface area contributed by atoms with Crippen LogP contribution in [-0.4, -0.2) is 30.2 Å². The highest BCUT2D eigenvalue weighted by atomic mass is 32.2. The standard InChI is InChI=1S/C21H18N4O5S/c1-2-31(27,28)25-17-11-5-14(6-12-17)19-23-21(30-24-19)15-7-9-16(10-8-15)22-20(26)18-4-3-13-29-18/h3-13,25H,2H2,1H3,(H,22,26). The molecule has 31 heavy (non-hydrogen) atoms. The molecule has 2 N–H and O–H groups in total. The van der Waals surface area contributed by atoms with E-state index in [1.165, 1.54) is 6.26 Å². The van der Waals surface area contributed by atoms with Gasteiger partial charge in [0.15, 0.2) is 5.76 Å². The highest BCUT2D eigenvalue weighted by molar-refractivity contribution is 7.92. The number of anilines is 2. The van der Waals surface area contributed by atoms with Gasteiger partial charge in [0.25, 0.3) is 11.8 Å². The summed E-state index contributed by atoms with van der Waals surface area (Å²) in [6.07, 6.45) is 1.43. The molecule has 0 aliphatic heterocycles. The summed E-state index contributed by atoms with van der Waals surface area (Å²) in [7, 11) is -3.34. The lowest BCUT2D eigenvalue weighted by molar-refractivity contribution is 0.0996. The number of hydrogen-bond acceptors (Lipinski definition) is 7. The molecule has 0 spiro atoms.